The zero-order valence-corrected chi connectivity index (χ0v) is 15.1. The van der Waals surface area contributed by atoms with Crippen LogP contribution < -0.4 is 10.9 Å². The van der Waals surface area contributed by atoms with Crippen molar-refractivity contribution in [2.24, 2.45) is 0 Å². The van der Waals surface area contributed by atoms with Gasteiger partial charge in [0.25, 0.3) is 5.56 Å². The first-order valence-corrected chi connectivity index (χ1v) is 9.01. The summed E-state index contributed by atoms with van der Waals surface area (Å²) < 4.78 is 39.6. The molecule has 0 aliphatic heterocycles. The van der Waals surface area contributed by atoms with Crippen LogP contribution in [0.2, 0.25) is 0 Å². The van der Waals surface area contributed by atoms with Crippen LogP contribution in [0.1, 0.15) is 34.7 Å². The topological polar surface area (TPSA) is 46.4 Å². The van der Waals surface area contributed by atoms with Gasteiger partial charge in [0.1, 0.15) is 10.5 Å². The summed E-state index contributed by atoms with van der Waals surface area (Å²) >= 11 is 0.693. The second-order valence-electron chi connectivity index (χ2n) is 6.08. The van der Waals surface area contributed by atoms with Crippen molar-refractivity contribution in [1.29, 1.82) is 0 Å². The van der Waals surface area contributed by atoms with Gasteiger partial charge in [-0.2, -0.15) is 13.2 Å². The van der Waals surface area contributed by atoms with Crippen molar-refractivity contribution in [3.8, 4) is 0 Å². The molecular formula is C18H18F3N3OS. The number of alkyl halides is 3. The molecule has 3 aromatic rings. The lowest BCUT2D eigenvalue weighted by atomic mass is 10.1. The Balaban J connectivity index is 1.69. The van der Waals surface area contributed by atoms with E-state index < -0.39 is 11.1 Å². The first-order chi connectivity index (χ1) is 12.3. The van der Waals surface area contributed by atoms with E-state index in [0.29, 0.717) is 46.8 Å². The van der Waals surface area contributed by atoms with Crippen molar-refractivity contribution in [3.05, 3.63) is 67.9 Å². The van der Waals surface area contributed by atoms with Gasteiger partial charge in [0.05, 0.1) is 0 Å². The number of aryl methyl sites for hydroxylation is 1. The normalized spacial score (nSPS) is 13.3. The highest BCUT2D eigenvalue weighted by molar-refractivity contribution is 7.10. The molecule has 26 heavy (non-hydrogen) atoms. The Bertz CT molecular complexity index is 978. The van der Waals surface area contributed by atoms with Crippen LogP contribution in [0.25, 0.3) is 5.65 Å². The molecule has 0 aromatic carbocycles. The van der Waals surface area contributed by atoms with Crippen LogP contribution in [-0.2, 0) is 12.6 Å². The lowest BCUT2D eigenvalue weighted by Gasteiger charge is -2.13. The molecule has 3 rings (SSSR count). The summed E-state index contributed by atoms with van der Waals surface area (Å²) in [5, 5.41) is 4.69. The molecule has 0 saturated carbocycles. The third-order valence-electron chi connectivity index (χ3n) is 4.26. The highest BCUT2D eigenvalue weighted by atomic mass is 32.1. The molecule has 0 bridgehead atoms. The SMILES string of the molecule is Cc1nc2ccccn2c(=O)c1CCNC(C)c1csc(C(F)(F)F)c1. The molecule has 138 valence electrons. The number of halogens is 3. The van der Waals surface area contributed by atoms with Crippen molar-refractivity contribution >= 4 is 17.0 Å². The van der Waals surface area contributed by atoms with Crippen molar-refractivity contribution < 1.29 is 13.2 Å². The zero-order chi connectivity index (χ0) is 18.9. The van der Waals surface area contributed by atoms with Gasteiger partial charge < -0.3 is 5.32 Å². The predicted octanol–water partition coefficient (Wildman–Crippen LogP) is 3.98. The van der Waals surface area contributed by atoms with E-state index in [2.05, 4.69) is 10.3 Å². The van der Waals surface area contributed by atoms with Gasteiger partial charge in [-0.25, -0.2) is 4.98 Å². The summed E-state index contributed by atoms with van der Waals surface area (Å²) in [7, 11) is 0. The van der Waals surface area contributed by atoms with Crippen molar-refractivity contribution in [1.82, 2.24) is 14.7 Å². The molecule has 3 aromatic heterocycles. The molecule has 0 radical (unpaired) electrons. The summed E-state index contributed by atoms with van der Waals surface area (Å²) in [6.45, 7) is 4.07. The van der Waals surface area contributed by atoms with Gasteiger partial charge in [-0.1, -0.05) is 6.07 Å². The van der Waals surface area contributed by atoms with Crippen LogP contribution in [0.4, 0.5) is 13.2 Å². The Morgan fingerprint density at radius 2 is 2.12 bits per heavy atom. The lowest BCUT2D eigenvalue weighted by molar-refractivity contribution is -0.134. The number of pyridine rings is 1. The van der Waals surface area contributed by atoms with Gasteiger partial charge in [0.2, 0.25) is 0 Å². The Kier molecular flexibility index (Phi) is 5.15. The van der Waals surface area contributed by atoms with Gasteiger partial charge in [0.15, 0.2) is 0 Å². The number of nitrogens with zero attached hydrogens (tertiary/aromatic N) is 2. The maximum atomic E-state index is 12.7. The summed E-state index contributed by atoms with van der Waals surface area (Å²) in [4.78, 5) is 16.4. The summed E-state index contributed by atoms with van der Waals surface area (Å²) in [5.74, 6) is 0. The minimum absolute atomic E-state index is 0.113. The van der Waals surface area contributed by atoms with E-state index in [-0.39, 0.29) is 11.6 Å². The molecular weight excluding hydrogens is 363 g/mol. The minimum Gasteiger partial charge on any atom is -0.310 e. The molecule has 0 saturated heterocycles. The quantitative estimate of drug-likeness (QED) is 0.727. The summed E-state index contributed by atoms with van der Waals surface area (Å²) in [5.41, 5.74) is 2.35. The number of rotatable bonds is 5. The molecule has 0 aliphatic rings. The lowest BCUT2D eigenvalue weighted by Crippen LogP contribution is -2.27. The van der Waals surface area contributed by atoms with Crippen molar-refractivity contribution in [2.45, 2.75) is 32.5 Å². The Labute approximate surface area is 152 Å². The fraction of sp³-hybridized carbons (Fsp3) is 0.333. The highest BCUT2D eigenvalue weighted by Gasteiger charge is 2.32. The standard InChI is InChI=1S/C18H18F3N3OS/c1-11(13-9-15(26-10-13)18(19,20)21)22-7-6-14-12(2)23-16-5-3-4-8-24(16)17(14)25/h3-5,8-11,22H,6-7H2,1-2H3. The van der Waals surface area contributed by atoms with Crippen LogP contribution >= 0.6 is 11.3 Å². The van der Waals surface area contributed by atoms with Crippen LogP contribution in [0.15, 0.2) is 40.6 Å². The van der Waals surface area contributed by atoms with Crippen LogP contribution in [0.3, 0.4) is 0 Å². The largest absolute Gasteiger partial charge is 0.425 e. The minimum atomic E-state index is -4.31. The predicted molar refractivity (Wildman–Crippen MR) is 95.6 cm³/mol. The Morgan fingerprint density at radius 3 is 2.81 bits per heavy atom. The summed E-state index contributed by atoms with van der Waals surface area (Å²) in [6.07, 6.45) is -2.19. The average molecular weight is 381 g/mol. The molecule has 8 heteroatoms. The monoisotopic (exact) mass is 381 g/mol. The van der Waals surface area contributed by atoms with Crippen molar-refractivity contribution in [3.63, 3.8) is 0 Å². The van der Waals surface area contributed by atoms with E-state index in [4.69, 9.17) is 0 Å². The number of hydrogen-bond donors (Lipinski definition) is 1. The highest BCUT2D eigenvalue weighted by Crippen LogP contribution is 2.35. The van der Waals surface area contributed by atoms with Crippen LogP contribution in [0.5, 0.6) is 0 Å². The summed E-state index contributed by atoms with van der Waals surface area (Å²) in [6, 6.07) is 6.29. The number of fused-ring (bicyclic) bond motifs is 1. The Hall–Kier alpha value is -2.19. The van der Waals surface area contributed by atoms with Gasteiger partial charge in [-0.3, -0.25) is 9.20 Å². The molecule has 3 heterocycles. The number of aromatic nitrogens is 2. The fourth-order valence-electron chi connectivity index (χ4n) is 2.78. The van der Waals surface area contributed by atoms with Gasteiger partial charge in [-0.05, 0) is 49.4 Å². The van der Waals surface area contributed by atoms with E-state index in [1.165, 1.54) is 15.8 Å². The molecule has 0 aliphatic carbocycles. The molecule has 1 N–H and O–H groups in total. The zero-order valence-electron chi connectivity index (χ0n) is 14.3. The number of thiophene rings is 1. The van der Waals surface area contributed by atoms with Crippen LogP contribution in [0, 0.1) is 6.92 Å². The fourth-order valence-corrected chi connectivity index (χ4v) is 3.66. The second kappa shape index (κ2) is 7.20. The van der Waals surface area contributed by atoms with E-state index in [9.17, 15) is 18.0 Å². The van der Waals surface area contributed by atoms with Gasteiger partial charge in [0, 0.05) is 30.0 Å². The number of hydrogen-bond acceptors (Lipinski definition) is 4. The molecule has 0 amide bonds. The maximum Gasteiger partial charge on any atom is 0.425 e. The van der Waals surface area contributed by atoms with E-state index in [1.807, 2.05) is 6.07 Å². The van der Waals surface area contributed by atoms with Gasteiger partial charge in [-0.15, -0.1) is 11.3 Å². The smallest absolute Gasteiger partial charge is 0.310 e. The second-order valence-corrected chi connectivity index (χ2v) is 6.99. The molecule has 1 atom stereocenters. The molecule has 4 nitrogen and oxygen atoms in total. The number of nitrogens with one attached hydrogen (secondary N) is 1. The third-order valence-corrected chi connectivity index (χ3v) is 5.25. The third kappa shape index (κ3) is 3.81. The van der Waals surface area contributed by atoms with Crippen molar-refractivity contribution in [2.75, 3.05) is 6.54 Å². The van der Waals surface area contributed by atoms with Crippen LogP contribution in [-0.4, -0.2) is 15.9 Å². The molecule has 0 fully saturated rings. The maximum absolute atomic E-state index is 12.7. The van der Waals surface area contributed by atoms with E-state index >= 15 is 0 Å². The first kappa shape index (κ1) is 18.6. The van der Waals surface area contributed by atoms with E-state index in [0.717, 1.165) is 0 Å². The molecule has 0 spiro atoms. The Morgan fingerprint density at radius 1 is 1.35 bits per heavy atom. The molecule has 1 unspecified atom stereocenters. The van der Waals surface area contributed by atoms with E-state index in [1.54, 1.807) is 32.2 Å². The first-order valence-electron chi connectivity index (χ1n) is 8.13. The average Bonchev–Trinajstić information content (AvgIpc) is 3.08. The van der Waals surface area contributed by atoms with Gasteiger partial charge >= 0.3 is 6.18 Å².